The van der Waals surface area contributed by atoms with Crippen LogP contribution in [0.2, 0.25) is 0 Å². The van der Waals surface area contributed by atoms with Crippen molar-refractivity contribution in [1.82, 2.24) is 4.90 Å². The van der Waals surface area contributed by atoms with Crippen molar-refractivity contribution in [3.63, 3.8) is 0 Å². The van der Waals surface area contributed by atoms with Crippen LogP contribution >= 0.6 is 28.1 Å². The Bertz CT molecular complexity index is 391. The molecule has 0 atom stereocenters. The zero-order valence-corrected chi connectivity index (χ0v) is 11.3. The van der Waals surface area contributed by atoms with Gasteiger partial charge in [0.05, 0.1) is 11.5 Å². The summed E-state index contributed by atoms with van der Waals surface area (Å²) >= 11 is 8.13. The Morgan fingerprint density at radius 3 is 2.44 bits per heavy atom. The zero-order valence-electron chi connectivity index (χ0n) is 8.94. The third-order valence-corrected chi connectivity index (χ3v) is 2.76. The minimum absolute atomic E-state index is 0.0530. The van der Waals surface area contributed by atoms with E-state index in [2.05, 4.69) is 15.9 Å². The van der Waals surface area contributed by atoms with Crippen molar-refractivity contribution in [3.05, 3.63) is 34.3 Å². The lowest BCUT2D eigenvalue weighted by Gasteiger charge is -2.20. The number of nitrogens with two attached hydrogens (primary N) is 1. The number of hydrogen-bond donors (Lipinski definition) is 1. The third kappa shape index (κ3) is 3.57. The first-order valence-corrected chi connectivity index (χ1v) is 6.08. The van der Waals surface area contributed by atoms with Gasteiger partial charge < -0.3 is 10.6 Å². The summed E-state index contributed by atoms with van der Waals surface area (Å²) in [5, 5.41) is 0. The summed E-state index contributed by atoms with van der Waals surface area (Å²) in [4.78, 5) is 14.0. The predicted molar refractivity (Wildman–Crippen MR) is 72.5 cm³/mol. The number of hydrogen-bond acceptors (Lipinski definition) is 2. The molecule has 0 spiro atoms. The molecular formula is C11H13BrN2OS. The molecule has 16 heavy (non-hydrogen) atoms. The van der Waals surface area contributed by atoms with Crippen LogP contribution in [0.25, 0.3) is 0 Å². The normalized spacial score (nSPS) is 9.88. The lowest BCUT2D eigenvalue weighted by Crippen LogP contribution is -2.37. The topological polar surface area (TPSA) is 46.3 Å². The van der Waals surface area contributed by atoms with E-state index in [9.17, 15) is 4.79 Å². The molecular weight excluding hydrogens is 288 g/mol. The first-order chi connectivity index (χ1) is 7.54. The number of likely N-dealkylation sites (N-methyl/N-ethyl adjacent to an activating group) is 1. The van der Waals surface area contributed by atoms with Gasteiger partial charge in [0.1, 0.15) is 0 Å². The van der Waals surface area contributed by atoms with E-state index in [4.69, 9.17) is 18.0 Å². The first kappa shape index (κ1) is 13.1. The zero-order chi connectivity index (χ0) is 12.1. The summed E-state index contributed by atoms with van der Waals surface area (Å²) in [5.41, 5.74) is 6.08. The second kappa shape index (κ2) is 5.96. The Morgan fingerprint density at radius 2 is 2.00 bits per heavy atom. The Balaban J connectivity index is 2.82. The second-order valence-electron chi connectivity index (χ2n) is 3.29. The predicted octanol–water partition coefficient (Wildman–Crippen LogP) is 2.20. The molecule has 2 N–H and O–H groups in total. The van der Waals surface area contributed by atoms with Crippen molar-refractivity contribution >= 4 is 39.0 Å². The van der Waals surface area contributed by atoms with Gasteiger partial charge in [0.25, 0.3) is 5.91 Å². The Morgan fingerprint density at radius 1 is 1.44 bits per heavy atom. The number of nitrogens with zero attached hydrogens (tertiary/aromatic N) is 1. The molecule has 1 amide bonds. The number of carbonyl (C=O) groups is 1. The minimum Gasteiger partial charge on any atom is -0.392 e. The van der Waals surface area contributed by atoms with Gasteiger partial charge in [-0.15, -0.1) is 0 Å². The lowest BCUT2D eigenvalue weighted by atomic mass is 10.2. The molecule has 0 aliphatic heterocycles. The van der Waals surface area contributed by atoms with E-state index >= 15 is 0 Å². The van der Waals surface area contributed by atoms with E-state index in [1.165, 1.54) is 0 Å². The van der Waals surface area contributed by atoms with E-state index in [0.717, 1.165) is 4.47 Å². The Kier molecular flexibility index (Phi) is 4.89. The van der Waals surface area contributed by atoms with Crippen LogP contribution in [0.15, 0.2) is 28.7 Å². The number of benzene rings is 1. The van der Waals surface area contributed by atoms with E-state index in [1.54, 1.807) is 17.0 Å². The number of thiocarbonyl (C=S) groups is 1. The molecule has 0 aliphatic carbocycles. The molecule has 0 bridgehead atoms. The van der Waals surface area contributed by atoms with E-state index in [1.807, 2.05) is 19.1 Å². The minimum atomic E-state index is -0.0530. The average molecular weight is 301 g/mol. The van der Waals surface area contributed by atoms with Crippen molar-refractivity contribution in [3.8, 4) is 0 Å². The van der Waals surface area contributed by atoms with Crippen LogP contribution in [0.3, 0.4) is 0 Å². The second-order valence-corrected chi connectivity index (χ2v) is 4.73. The van der Waals surface area contributed by atoms with Crippen molar-refractivity contribution in [1.29, 1.82) is 0 Å². The molecule has 0 aliphatic rings. The monoisotopic (exact) mass is 300 g/mol. The Hall–Kier alpha value is -0.940. The highest BCUT2D eigenvalue weighted by Gasteiger charge is 2.14. The molecule has 86 valence electrons. The van der Waals surface area contributed by atoms with Gasteiger partial charge in [0.2, 0.25) is 0 Å². The highest BCUT2D eigenvalue weighted by molar-refractivity contribution is 9.10. The molecule has 0 radical (unpaired) electrons. The molecule has 0 unspecified atom stereocenters. The van der Waals surface area contributed by atoms with Crippen LogP contribution in [0, 0.1) is 0 Å². The summed E-state index contributed by atoms with van der Waals surface area (Å²) in [6, 6.07) is 7.22. The standard InChI is InChI=1S/C11H13BrN2OS/c1-2-14(7-10(13)16)11(15)8-3-5-9(12)6-4-8/h3-6H,2,7H2,1H3,(H2,13,16). The van der Waals surface area contributed by atoms with Crippen LogP contribution in [-0.4, -0.2) is 28.9 Å². The molecule has 0 saturated carbocycles. The molecule has 1 aromatic rings. The highest BCUT2D eigenvalue weighted by atomic mass is 79.9. The maximum Gasteiger partial charge on any atom is 0.254 e. The third-order valence-electron chi connectivity index (χ3n) is 2.11. The maximum absolute atomic E-state index is 12.0. The summed E-state index contributed by atoms with van der Waals surface area (Å²) < 4.78 is 0.946. The largest absolute Gasteiger partial charge is 0.392 e. The molecule has 1 aromatic carbocycles. The SMILES string of the molecule is CCN(CC(N)=S)C(=O)c1ccc(Br)cc1. The number of carbonyl (C=O) groups excluding carboxylic acids is 1. The van der Waals surface area contributed by atoms with Crippen molar-refractivity contribution in [2.24, 2.45) is 5.73 Å². The Labute approximate surface area is 109 Å². The highest BCUT2D eigenvalue weighted by Crippen LogP contribution is 2.12. The van der Waals surface area contributed by atoms with Crippen LogP contribution in [-0.2, 0) is 0 Å². The molecule has 0 fully saturated rings. The van der Waals surface area contributed by atoms with Crippen LogP contribution < -0.4 is 5.73 Å². The van der Waals surface area contributed by atoms with Gasteiger partial charge in [-0.3, -0.25) is 4.79 Å². The smallest absolute Gasteiger partial charge is 0.254 e. The molecule has 1 rings (SSSR count). The molecule has 5 heteroatoms. The van der Waals surface area contributed by atoms with Crippen molar-refractivity contribution in [2.45, 2.75) is 6.92 Å². The summed E-state index contributed by atoms with van der Waals surface area (Å²) in [6.45, 7) is 2.81. The average Bonchev–Trinajstić information content (AvgIpc) is 2.25. The van der Waals surface area contributed by atoms with Gasteiger partial charge in [0.15, 0.2) is 0 Å². The maximum atomic E-state index is 12.0. The van der Waals surface area contributed by atoms with Crippen LogP contribution in [0.5, 0.6) is 0 Å². The van der Waals surface area contributed by atoms with Gasteiger partial charge in [-0.05, 0) is 31.2 Å². The van der Waals surface area contributed by atoms with Gasteiger partial charge in [-0.2, -0.15) is 0 Å². The van der Waals surface area contributed by atoms with Gasteiger partial charge in [0, 0.05) is 16.6 Å². The number of halogens is 1. The molecule has 0 saturated heterocycles. The van der Waals surface area contributed by atoms with Crippen LogP contribution in [0.1, 0.15) is 17.3 Å². The summed E-state index contributed by atoms with van der Waals surface area (Å²) in [7, 11) is 0. The van der Waals surface area contributed by atoms with Gasteiger partial charge >= 0.3 is 0 Å². The molecule has 3 nitrogen and oxygen atoms in total. The van der Waals surface area contributed by atoms with Gasteiger partial charge in [-0.25, -0.2) is 0 Å². The first-order valence-electron chi connectivity index (χ1n) is 4.87. The fourth-order valence-corrected chi connectivity index (χ4v) is 1.71. The lowest BCUT2D eigenvalue weighted by molar-refractivity contribution is 0.0788. The fourth-order valence-electron chi connectivity index (χ4n) is 1.29. The fraction of sp³-hybridized carbons (Fsp3) is 0.273. The van der Waals surface area contributed by atoms with Crippen molar-refractivity contribution < 1.29 is 4.79 Å². The quantitative estimate of drug-likeness (QED) is 0.867. The van der Waals surface area contributed by atoms with Crippen molar-refractivity contribution in [2.75, 3.05) is 13.1 Å². The molecule has 0 aromatic heterocycles. The van der Waals surface area contributed by atoms with E-state index < -0.39 is 0 Å². The summed E-state index contributed by atoms with van der Waals surface area (Å²) in [5.74, 6) is -0.0530. The molecule has 0 heterocycles. The number of amides is 1. The summed E-state index contributed by atoms with van der Waals surface area (Å²) in [6.07, 6.45) is 0. The van der Waals surface area contributed by atoms with Crippen LogP contribution in [0.4, 0.5) is 0 Å². The van der Waals surface area contributed by atoms with Gasteiger partial charge in [-0.1, -0.05) is 28.1 Å². The van der Waals surface area contributed by atoms with E-state index in [-0.39, 0.29) is 5.91 Å². The number of rotatable bonds is 4. The van der Waals surface area contributed by atoms with E-state index in [0.29, 0.717) is 23.6 Å².